The highest BCUT2D eigenvalue weighted by atomic mass is 32.2. The highest BCUT2D eigenvalue weighted by Crippen LogP contribution is 2.34. The Hall–Kier alpha value is -3.15. The second-order valence-electron chi connectivity index (χ2n) is 5.61. The molecule has 0 N–H and O–H groups in total. The molecule has 12 heteroatoms. The Balaban J connectivity index is 2.39. The minimum Gasteiger partial charge on any atom is -0.468 e. The Morgan fingerprint density at radius 1 is 1.07 bits per heavy atom. The van der Waals surface area contributed by atoms with Gasteiger partial charge in [-0.3, -0.25) is 9.59 Å². The molecule has 2 aromatic heterocycles. The van der Waals surface area contributed by atoms with Gasteiger partial charge in [0.25, 0.3) is 5.78 Å². The van der Waals surface area contributed by atoms with Crippen LogP contribution in [0.25, 0.3) is 16.9 Å². The summed E-state index contributed by atoms with van der Waals surface area (Å²) in [5.74, 6) is -7.59. The fourth-order valence-electron chi connectivity index (χ4n) is 2.67. The normalized spacial score (nSPS) is 11.1. The van der Waals surface area contributed by atoms with Crippen LogP contribution in [0.15, 0.2) is 23.5 Å². The first-order valence-electron chi connectivity index (χ1n) is 7.92. The average molecular weight is 426 g/mol. The molecule has 2 heterocycles. The summed E-state index contributed by atoms with van der Waals surface area (Å²) in [6.45, 7) is 0. The van der Waals surface area contributed by atoms with Crippen LogP contribution >= 0.6 is 11.8 Å². The van der Waals surface area contributed by atoms with Gasteiger partial charge in [-0.05, 0) is 6.26 Å². The van der Waals surface area contributed by atoms with E-state index in [1.54, 1.807) is 6.26 Å². The van der Waals surface area contributed by atoms with Gasteiger partial charge in [0.15, 0.2) is 5.92 Å². The van der Waals surface area contributed by atoms with Crippen LogP contribution in [0.1, 0.15) is 11.6 Å². The van der Waals surface area contributed by atoms with Crippen molar-refractivity contribution in [2.75, 3.05) is 20.5 Å². The van der Waals surface area contributed by atoms with Gasteiger partial charge in [0.05, 0.1) is 25.5 Å². The highest BCUT2D eigenvalue weighted by Gasteiger charge is 2.36. The van der Waals surface area contributed by atoms with Crippen molar-refractivity contribution in [3.05, 3.63) is 41.5 Å². The van der Waals surface area contributed by atoms with Gasteiger partial charge in [-0.15, -0.1) is 5.10 Å². The molecule has 0 saturated heterocycles. The van der Waals surface area contributed by atoms with E-state index in [-0.39, 0.29) is 22.2 Å². The van der Waals surface area contributed by atoms with Crippen molar-refractivity contribution in [3.8, 4) is 11.1 Å². The molecule has 0 atom stereocenters. The second-order valence-corrected chi connectivity index (χ2v) is 6.38. The number of thioether (sulfide) groups is 1. The van der Waals surface area contributed by atoms with Crippen LogP contribution in [0.5, 0.6) is 0 Å². The summed E-state index contributed by atoms with van der Waals surface area (Å²) in [5, 5.41) is 4.36. The lowest BCUT2D eigenvalue weighted by molar-refractivity contribution is -0.154. The van der Waals surface area contributed by atoms with E-state index in [0.717, 1.165) is 24.9 Å². The maximum Gasteiger partial charge on any atom is 0.326 e. The van der Waals surface area contributed by atoms with Gasteiger partial charge in [0, 0.05) is 23.9 Å². The third-order valence-corrected chi connectivity index (χ3v) is 4.49. The molecule has 0 bridgehead atoms. The summed E-state index contributed by atoms with van der Waals surface area (Å²) in [6, 6.07) is 0.929. The molecule has 8 nitrogen and oxygen atoms in total. The lowest BCUT2D eigenvalue weighted by atomic mass is 9.95. The standard InChI is InChI=1S/C17H13F3N4O4S/c1-27-14(25)12(15(26)28-2)13-8(11-9(19)4-7(18)5-10(11)20)6-24-16(21-13)22-17(23-24)29-3/h4-6,12H,1-3H3. The van der Waals surface area contributed by atoms with Crippen LogP contribution in [0, 0.1) is 17.5 Å². The molecule has 0 amide bonds. The number of hydrogen-bond acceptors (Lipinski definition) is 8. The maximum atomic E-state index is 14.5. The first-order chi connectivity index (χ1) is 13.8. The van der Waals surface area contributed by atoms with Crippen LogP contribution in [0.2, 0.25) is 0 Å². The number of fused-ring (bicyclic) bond motifs is 1. The van der Waals surface area contributed by atoms with Crippen LogP contribution in [0.3, 0.4) is 0 Å². The van der Waals surface area contributed by atoms with Crippen molar-refractivity contribution < 1.29 is 32.2 Å². The molecule has 1 aromatic carbocycles. The van der Waals surface area contributed by atoms with Crippen molar-refractivity contribution in [2.45, 2.75) is 11.1 Å². The summed E-state index contributed by atoms with van der Waals surface area (Å²) in [7, 11) is 2.05. The third kappa shape index (κ3) is 3.75. The molecular formula is C17H13F3N4O4S. The summed E-state index contributed by atoms with van der Waals surface area (Å²) in [4.78, 5) is 32.7. The lowest BCUT2D eigenvalue weighted by Gasteiger charge is -2.16. The number of carbonyl (C=O) groups is 2. The largest absolute Gasteiger partial charge is 0.468 e. The molecular weight excluding hydrogens is 413 g/mol. The number of aromatic nitrogens is 4. The summed E-state index contributed by atoms with van der Waals surface area (Å²) < 4.78 is 52.7. The fourth-order valence-corrected chi connectivity index (χ4v) is 3.01. The molecule has 0 aliphatic heterocycles. The number of methoxy groups -OCH3 is 2. The Bertz CT molecular complexity index is 1080. The van der Waals surface area contributed by atoms with E-state index in [4.69, 9.17) is 0 Å². The molecule has 0 unspecified atom stereocenters. The first-order valence-corrected chi connectivity index (χ1v) is 9.15. The van der Waals surface area contributed by atoms with Crippen molar-refractivity contribution in [1.29, 1.82) is 0 Å². The minimum absolute atomic E-state index is 0.0335. The van der Waals surface area contributed by atoms with E-state index in [1.807, 2.05) is 0 Å². The van der Waals surface area contributed by atoms with Crippen molar-refractivity contribution >= 4 is 29.5 Å². The minimum atomic E-state index is -1.76. The van der Waals surface area contributed by atoms with Gasteiger partial charge < -0.3 is 9.47 Å². The quantitative estimate of drug-likeness (QED) is 0.349. The predicted octanol–water partition coefficient (Wildman–Crippen LogP) is 2.36. The van der Waals surface area contributed by atoms with Crippen molar-refractivity contribution in [1.82, 2.24) is 19.6 Å². The number of nitrogens with zero attached hydrogens (tertiary/aromatic N) is 4. The predicted molar refractivity (Wildman–Crippen MR) is 94.6 cm³/mol. The Morgan fingerprint density at radius 2 is 1.66 bits per heavy atom. The fraction of sp³-hybridized carbons (Fsp3) is 0.235. The SMILES string of the molecule is COC(=O)C(C(=O)OC)c1nc2nc(SC)nn2cc1-c1c(F)cc(F)cc1F. The van der Waals surface area contributed by atoms with E-state index < -0.39 is 40.9 Å². The van der Waals surface area contributed by atoms with E-state index in [1.165, 1.54) is 11.8 Å². The number of carbonyl (C=O) groups excluding carboxylic acids is 2. The smallest absolute Gasteiger partial charge is 0.326 e. The first kappa shape index (κ1) is 20.6. The monoisotopic (exact) mass is 426 g/mol. The number of benzene rings is 1. The Kier molecular flexibility index (Phi) is 5.73. The average Bonchev–Trinajstić information content (AvgIpc) is 3.09. The number of esters is 2. The van der Waals surface area contributed by atoms with E-state index >= 15 is 0 Å². The second kappa shape index (κ2) is 8.07. The Morgan fingerprint density at radius 3 is 2.17 bits per heavy atom. The zero-order valence-electron chi connectivity index (χ0n) is 15.3. The molecule has 0 saturated carbocycles. The number of halogens is 3. The maximum absolute atomic E-state index is 14.5. The van der Waals surface area contributed by atoms with Crippen LogP contribution in [-0.2, 0) is 19.1 Å². The van der Waals surface area contributed by atoms with Crippen molar-refractivity contribution in [2.24, 2.45) is 0 Å². The molecule has 0 aliphatic carbocycles. The summed E-state index contributed by atoms with van der Waals surface area (Å²) in [5.41, 5.74) is -1.39. The summed E-state index contributed by atoms with van der Waals surface area (Å²) >= 11 is 1.18. The molecule has 0 aliphatic rings. The number of ether oxygens (including phenoxy) is 2. The van der Waals surface area contributed by atoms with Gasteiger partial charge in [0.2, 0.25) is 5.16 Å². The van der Waals surface area contributed by atoms with Crippen LogP contribution < -0.4 is 0 Å². The molecule has 0 radical (unpaired) electrons. The number of hydrogen-bond donors (Lipinski definition) is 0. The van der Waals surface area contributed by atoms with Crippen molar-refractivity contribution in [3.63, 3.8) is 0 Å². The molecule has 3 rings (SSSR count). The van der Waals surface area contributed by atoms with Gasteiger partial charge in [-0.1, -0.05) is 11.8 Å². The van der Waals surface area contributed by atoms with Crippen LogP contribution in [-0.4, -0.2) is 52.0 Å². The number of rotatable bonds is 5. The Labute approximate surface area is 166 Å². The third-order valence-electron chi connectivity index (χ3n) is 3.95. The molecule has 0 fully saturated rings. The van der Waals surface area contributed by atoms with Gasteiger partial charge in [-0.25, -0.2) is 22.7 Å². The topological polar surface area (TPSA) is 95.7 Å². The molecule has 3 aromatic rings. The van der Waals surface area contributed by atoms with E-state index in [9.17, 15) is 22.8 Å². The zero-order chi connectivity index (χ0) is 21.3. The van der Waals surface area contributed by atoms with Gasteiger partial charge >= 0.3 is 11.9 Å². The van der Waals surface area contributed by atoms with Crippen LogP contribution in [0.4, 0.5) is 13.2 Å². The lowest BCUT2D eigenvalue weighted by Crippen LogP contribution is -2.26. The molecule has 152 valence electrons. The molecule has 29 heavy (non-hydrogen) atoms. The molecule has 0 spiro atoms. The highest BCUT2D eigenvalue weighted by molar-refractivity contribution is 7.98. The summed E-state index contributed by atoms with van der Waals surface area (Å²) in [6.07, 6.45) is 2.84. The zero-order valence-corrected chi connectivity index (χ0v) is 16.1. The van der Waals surface area contributed by atoms with E-state index in [0.29, 0.717) is 12.1 Å². The van der Waals surface area contributed by atoms with Gasteiger partial charge in [-0.2, -0.15) is 4.98 Å². The van der Waals surface area contributed by atoms with Gasteiger partial charge in [0.1, 0.15) is 17.5 Å². The van der Waals surface area contributed by atoms with E-state index in [2.05, 4.69) is 24.5 Å².